The number of rotatable bonds is 4. The zero-order valence-corrected chi connectivity index (χ0v) is 11.6. The van der Waals surface area contributed by atoms with Gasteiger partial charge in [0.05, 0.1) is 0 Å². The molecular formula is C17H22N2. The minimum absolute atomic E-state index is 0.819. The molecule has 1 heterocycles. The number of likely N-dealkylation sites (tertiary alicyclic amines) is 1. The monoisotopic (exact) mass is 254 g/mol. The summed E-state index contributed by atoms with van der Waals surface area (Å²) >= 11 is 0. The van der Waals surface area contributed by atoms with Gasteiger partial charge in [0.1, 0.15) is 0 Å². The molecule has 3 rings (SSSR count). The van der Waals surface area contributed by atoms with E-state index in [9.17, 15) is 0 Å². The first-order valence-corrected chi connectivity index (χ1v) is 7.19. The molecule has 2 aromatic carbocycles. The van der Waals surface area contributed by atoms with Crippen LogP contribution >= 0.6 is 0 Å². The Morgan fingerprint density at radius 1 is 1.16 bits per heavy atom. The van der Waals surface area contributed by atoms with Gasteiger partial charge in [0.2, 0.25) is 0 Å². The van der Waals surface area contributed by atoms with Crippen LogP contribution in [-0.4, -0.2) is 31.6 Å². The summed E-state index contributed by atoms with van der Waals surface area (Å²) < 4.78 is 0. The Morgan fingerprint density at radius 2 is 2.00 bits per heavy atom. The minimum atomic E-state index is 0.819. The molecule has 0 bridgehead atoms. The molecule has 0 spiro atoms. The highest BCUT2D eigenvalue weighted by molar-refractivity contribution is 5.85. The molecule has 2 aromatic rings. The standard InChI is InChI=1S/C17H22N2/c1-19-10-9-14(13-19)11-18-12-16-7-4-6-15-5-2-3-8-17(15)16/h2-8,14,18H,9-13H2,1H3. The van der Waals surface area contributed by atoms with Gasteiger partial charge in [-0.3, -0.25) is 0 Å². The van der Waals surface area contributed by atoms with E-state index in [2.05, 4.69) is 59.7 Å². The zero-order chi connectivity index (χ0) is 13.1. The average molecular weight is 254 g/mol. The van der Waals surface area contributed by atoms with Gasteiger partial charge in [-0.1, -0.05) is 42.5 Å². The molecule has 1 N–H and O–H groups in total. The van der Waals surface area contributed by atoms with Crippen LogP contribution in [0.3, 0.4) is 0 Å². The third kappa shape index (κ3) is 2.96. The summed E-state index contributed by atoms with van der Waals surface area (Å²) in [4.78, 5) is 2.42. The van der Waals surface area contributed by atoms with E-state index in [4.69, 9.17) is 0 Å². The van der Waals surface area contributed by atoms with Gasteiger partial charge in [0, 0.05) is 13.1 Å². The van der Waals surface area contributed by atoms with Crippen LogP contribution in [0.4, 0.5) is 0 Å². The fourth-order valence-electron chi connectivity index (χ4n) is 3.05. The Hall–Kier alpha value is -1.38. The van der Waals surface area contributed by atoms with Gasteiger partial charge in [-0.05, 0) is 48.8 Å². The van der Waals surface area contributed by atoms with Crippen molar-refractivity contribution in [3.8, 4) is 0 Å². The topological polar surface area (TPSA) is 15.3 Å². The molecule has 1 aliphatic heterocycles. The van der Waals surface area contributed by atoms with Crippen LogP contribution in [0.5, 0.6) is 0 Å². The fraction of sp³-hybridized carbons (Fsp3) is 0.412. The summed E-state index contributed by atoms with van der Waals surface area (Å²) in [6.45, 7) is 4.60. The smallest absolute Gasteiger partial charge is 0.0211 e. The zero-order valence-electron chi connectivity index (χ0n) is 11.6. The first-order chi connectivity index (χ1) is 9.33. The van der Waals surface area contributed by atoms with E-state index in [1.54, 1.807) is 0 Å². The highest BCUT2D eigenvalue weighted by Crippen LogP contribution is 2.18. The lowest BCUT2D eigenvalue weighted by atomic mass is 10.0. The highest BCUT2D eigenvalue weighted by atomic mass is 15.1. The maximum absolute atomic E-state index is 3.63. The van der Waals surface area contributed by atoms with Crippen LogP contribution < -0.4 is 5.32 Å². The van der Waals surface area contributed by atoms with E-state index in [1.165, 1.54) is 35.8 Å². The molecule has 100 valence electrons. The van der Waals surface area contributed by atoms with Gasteiger partial charge in [0.25, 0.3) is 0 Å². The van der Waals surface area contributed by atoms with E-state index < -0.39 is 0 Å². The Bertz CT molecular complexity index is 544. The second-order valence-electron chi connectivity index (χ2n) is 5.69. The van der Waals surface area contributed by atoms with Crippen LogP contribution in [0.25, 0.3) is 10.8 Å². The molecular weight excluding hydrogens is 232 g/mol. The van der Waals surface area contributed by atoms with Gasteiger partial charge in [-0.15, -0.1) is 0 Å². The quantitative estimate of drug-likeness (QED) is 0.902. The van der Waals surface area contributed by atoms with Crippen molar-refractivity contribution >= 4 is 10.8 Å². The Labute approximate surface area is 115 Å². The Morgan fingerprint density at radius 3 is 2.84 bits per heavy atom. The molecule has 1 atom stereocenters. The number of nitrogens with one attached hydrogen (secondary N) is 1. The lowest BCUT2D eigenvalue weighted by molar-refractivity contribution is 0.388. The molecule has 1 aliphatic rings. The van der Waals surface area contributed by atoms with E-state index in [1.807, 2.05) is 0 Å². The van der Waals surface area contributed by atoms with Crippen molar-refractivity contribution in [1.82, 2.24) is 10.2 Å². The second kappa shape index (κ2) is 5.72. The number of hydrogen-bond donors (Lipinski definition) is 1. The van der Waals surface area contributed by atoms with Gasteiger partial charge < -0.3 is 10.2 Å². The predicted molar refractivity (Wildman–Crippen MR) is 81.3 cm³/mol. The highest BCUT2D eigenvalue weighted by Gasteiger charge is 2.18. The van der Waals surface area contributed by atoms with E-state index in [-0.39, 0.29) is 0 Å². The normalized spacial score (nSPS) is 20.2. The van der Waals surface area contributed by atoms with Crippen molar-refractivity contribution in [1.29, 1.82) is 0 Å². The number of nitrogens with zero attached hydrogens (tertiary/aromatic N) is 1. The van der Waals surface area contributed by atoms with Crippen molar-refractivity contribution in [3.05, 3.63) is 48.0 Å². The third-order valence-corrected chi connectivity index (χ3v) is 4.12. The molecule has 2 heteroatoms. The molecule has 0 amide bonds. The van der Waals surface area contributed by atoms with Crippen LogP contribution in [0.2, 0.25) is 0 Å². The summed E-state index contributed by atoms with van der Waals surface area (Å²) in [5, 5.41) is 6.34. The van der Waals surface area contributed by atoms with Crippen LogP contribution in [0, 0.1) is 5.92 Å². The van der Waals surface area contributed by atoms with Crippen LogP contribution in [0.1, 0.15) is 12.0 Å². The Balaban J connectivity index is 1.62. The van der Waals surface area contributed by atoms with Gasteiger partial charge in [0.15, 0.2) is 0 Å². The molecule has 1 unspecified atom stereocenters. The first-order valence-electron chi connectivity index (χ1n) is 7.19. The summed E-state index contributed by atoms with van der Waals surface area (Å²) in [6, 6.07) is 15.2. The first kappa shape index (κ1) is 12.6. The summed E-state index contributed by atoms with van der Waals surface area (Å²) in [6.07, 6.45) is 1.33. The SMILES string of the molecule is CN1CCC(CNCc2cccc3ccccc23)C1. The van der Waals surface area contributed by atoms with Gasteiger partial charge in [-0.2, -0.15) is 0 Å². The number of hydrogen-bond acceptors (Lipinski definition) is 2. The molecule has 0 aliphatic carbocycles. The van der Waals surface area contributed by atoms with Gasteiger partial charge in [-0.25, -0.2) is 0 Å². The molecule has 0 radical (unpaired) electrons. The van der Waals surface area contributed by atoms with E-state index >= 15 is 0 Å². The van der Waals surface area contributed by atoms with Gasteiger partial charge >= 0.3 is 0 Å². The summed E-state index contributed by atoms with van der Waals surface area (Å²) in [7, 11) is 2.21. The molecule has 19 heavy (non-hydrogen) atoms. The van der Waals surface area contributed by atoms with Crippen molar-refractivity contribution < 1.29 is 0 Å². The molecule has 1 saturated heterocycles. The lowest BCUT2D eigenvalue weighted by Crippen LogP contribution is -2.24. The third-order valence-electron chi connectivity index (χ3n) is 4.12. The largest absolute Gasteiger partial charge is 0.312 e. The van der Waals surface area contributed by atoms with E-state index in [0.29, 0.717) is 0 Å². The lowest BCUT2D eigenvalue weighted by Gasteiger charge is -2.12. The van der Waals surface area contributed by atoms with E-state index in [0.717, 1.165) is 19.0 Å². The average Bonchev–Trinajstić information content (AvgIpc) is 2.85. The molecule has 0 saturated carbocycles. The van der Waals surface area contributed by atoms with Crippen LogP contribution in [-0.2, 0) is 6.54 Å². The van der Waals surface area contributed by atoms with Crippen LogP contribution in [0.15, 0.2) is 42.5 Å². The summed E-state index contributed by atoms with van der Waals surface area (Å²) in [5.74, 6) is 0.819. The van der Waals surface area contributed by atoms with Crippen molar-refractivity contribution in [3.63, 3.8) is 0 Å². The molecule has 2 nitrogen and oxygen atoms in total. The predicted octanol–water partition coefficient (Wildman–Crippen LogP) is 2.88. The maximum atomic E-state index is 3.63. The molecule has 0 aromatic heterocycles. The number of benzene rings is 2. The number of fused-ring (bicyclic) bond motifs is 1. The minimum Gasteiger partial charge on any atom is -0.312 e. The van der Waals surface area contributed by atoms with Crippen molar-refractivity contribution in [2.45, 2.75) is 13.0 Å². The Kier molecular flexibility index (Phi) is 3.81. The summed E-state index contributed by atoms with van der Waals surface area (Å²) in [5.41, 5.74) is 1.41. The van der Waals surface area contributed by atoms with Crippen molar-refractivity contribution in [2.24, 2.45) is 5.92 Å². The molecule has 1 fully saturated rings. The maximum Gasteiger partial charge on any atom is 0.0211 e. The van der Waals surface area contributed by atoms with Crippen molar-refractivity contribution in [2.75, 3.05) is 26.7 Å². The fourth-order valence-corrected chi connectivity index (χ4v) is 3.05. The second-order valence-corrected chi connectivity index (χ2v) is 5.69.